The second kappa shape index (κ2) is 7.98. The van der Waals surface area contributed by atoms with E-state index in [1.54, 1.807) is 39.5 Å². The van der Waals surface area contributed by atoms with Gasteiger partial charge in [0.15, 0.2) is 0 Å². The number of benzene rings is 1. The predicted molar refractivity (Wildman–Crippen MR) is 100 cm³/mol. The molecule has 1 saturated heterocycles. The molecule has 0 spiro atoms. The molecule has 5 nitrogen and oxygen atoms in total. The molecule has 1 aliphatic rings. The van der Waals surface area contributed by atoms with Gasteiger partial charge in [0.1, 0.15) is 17.2 Å². The van der Waals surface area contributed by atoms with E-state index in [0.29, 0.717) is 35.7 Å². The van der Waals surface area contributed by atoms with Crippen molar-refractivity contribution in [3.05, 3.63) is 29.5 Å². The first kappa shape index (κ1) is 20.7. The summed E-state index contributed by atoms with van der Waals surface area (Å²) in [4.78, 5) is 0. The van der Waals surface area contributed by atoms with Crippen LogP contribution in [0.3, 0.4) is 0 Å². The van der Waals surface area contributed by atoms with E-state index >= 15 is 4.39 Å². The number of ether oxygens (including phenoxy) is 3. The molecule has 0 aromatic heterocycles. The van der Waals surface area contributed by atoms with Crippen LogP contribution in [0.4, 0.5) is 4.39 Å². The molecule has 0 amide bonds. The van der Waals surface area contributed by atoms with Crippen LogP contribution in [0.1, 0.15) is 39.7 Å². The number of methoxy groups -OCH3 is 3. The number of hydrogen-bond donors (Lipinski definition) is 0. The Labute approximate surface area is 155 Å². The minimum atomic E-state index is -1.07. The Morgan fingerprint density at radius 1 is 0.962 bits per heavy atom. The maximum Gasteiger partial charge on any atom is 0.525 e. The lowest BCUT2D eigenvalue weighted by Crippen LogP contribution is -2.41. The molecule has 144 valence electrons. The van der Waals surface area contributed by atoms with E-state index < -0.39 is 24.0 Å². The Hall–Kier alpha value is -1.57. The molecule has 2 rings (SSSR count). The van der Waals surface area contributed by atoms with Gasteiger partial charge in [0.25, 0.3) is 0 Å². The lowest BCUT2D eigenvalue weighted by Gasteiger charge is -2.32. The average Bonchev–Trinajstić information content (AvgIpc) is 2.82. The fraction of sp³-hybridized carbons (Fsp3) is 0.579. The van der Waals surface area contributed by atoms with E-state index in [-0.39, 0.29) is 0 Å². The molecule has 0 N–H and O–H groups in total. The van der Waals surface area contributed by atoms with Crippen molar-refractivity contribution in [2.45, 2.75) is 45.3 Å². The van der Waals surface area contributed by atoms with Crippen LogP contribution in [0.2, 0.25) is 0 Å². The van der Waals surface area contributed by atoms with Gasteiger partial charge in [-0.15, -0.1) is 0 Å². The van der Waals surface area contributed by atoms with E-state index in [1.807, 2.05) is 27.7 Å². The van der Waals surface area contributed by atoms with Crippen molar-refractivity contribution < 1.29 is 27.9 Å². The fourth-order valence-electron chi connectivity index (χ4n) is 2.68. The van der Waals surface area contributed by atoms with Gasteiger partial charge in [0, 0.05) is 13.2 Å². The predicted octanol–water partition coefficient (Wildman–Crippen LogP) is 4.05. The van der Waals surface area contributed by atoms with E-state index in [0.717, 1.165) is 0 Å². The SMILES string of the molecule is COCCC(=C(F)B1OC(C)(C)C(C)(C)O1)c1cc(OC)cc(OC)c1. The Balaban J connectivity index is 2.48. The van der Waals surface area contributed by atoms with Gasteiger partial charge in [-0.25, -0.2) is 4.39 Å². The first-order valence-corrected chi connectivity index (χ1v) is 8.61. The van der Waals surface area contributed by atoms with E-state index in [2.05, 4.69) is 0 Å². The van der Waals surface area contributed by atoms with Crippen molar-refractivity contribution in [1.29, 1.82) is 0 Å². The van der Waals surface area contributed by atoms with Gasteiger partial charge in [-0.3, -0.25) is 0 Å². The summed E-state index contributed by atoms with van der Waals surface area (Å²) in [6.07, 6.45) is 0.364. The molecule has 0 aliphatic carbocycles. The lowest BCUT2D eigenvalue weighted by molar-refractivity contribution is 0.00578. The summed E-state index contributed by atoms with van der Waals surface area (Å²) in [5, 5.41) is 0. The molecule has 1 fully saturated rings. The highest BCUT2D eigenvalue weighted by Crippen LogP contribution is 2.41. The quantitative estimate of drug-likeness (QED) is 0.682. The van der Waals surface area contributed by atoms with Gasteiger partial charge in [0.05, 0.1) is 32.0 Å². The molecule has 0 atom stereocenters. The summed E-state index contributed by atoms with van der Waals surface area (Å²) >= 11 is 0. The normalized spacial score (nSPS) is 19.3. The van der Waals surface area contributed by atoms with Gasteiger partial charge in [-0.05, 0) is 57.4 Å². The van der Waals surface area contributed by atoms with Crippen LogP contribution in [0.25, 0.3) is 5.57 Å². The number of rotatable bonds is 7. The summed E-state index contributed by atoms with van der Waals surface area (Å²) in [5.41, 5.74) is -0.607. The highest BCUT2D eigenvalue weighted by Gasteiger charge is 2.53. The fourth-order valence-corrected chi connectivity index (χ4v) is 2.68. The summed E-state index contributed by atoms with van der Waals surface area (Å²) in [7, 11) is 3.63. The molecule has 0 bridgehead atoms. The first-order chi connectivity index (χ1) is 12.1. The summed E-state index contributed by atoms with van der Waals surface area (Å²) in [6, 6.07) is 5.26. The highest BCUT2D eigenvalue weighted by molar-refractivity contribution is 6.55. The molecule has 1 aromatic carbocycles. The number of halogens is 1. The third-order valence-corrected chi connectivity index (χ3v) is 5.00. The Morgan fingerprint density at radius 3 is 1.88 bits per heavy atom. The topological polar surface area (TPSA) is 46.2 Å². The zero-order valence-electron chi connectivity index (χ0n) is 16.6. The molecule has 1 heterocycles. The van der Waals surface area contributed by atoms with Gasteiger partial charge in [-0.2, -0.15) is 0 Å². The van der Waals surface area contributed by atoms with Crippen molar-refractivity contribution in [3.63, 3.8) is 0 Å². The van der Waals surface area contributed by atoms with Crippen LogP contribution in [0, 0.1) is 0 Å². The van der Waals surface area contributed by atoms with Crippen LogP contribution in [0.15, 0.2) is 23.9 Å². The van der Waals surface area contributed by atoms with Crippen LogP contribution >= 0.6 is 0 Å². The minimum absolute atomic E-state index is 0.363. The van der Waals surface area contributed by atoms with Gasteiger partial charge >= 0.3 is 7.12 Å². The lowest BCUT2D eigenvalue weighted by atomic mass is 9.81. The molecule has 1 aromatic rings. The highest BCUT2D eigenvalue weighted by atomic mass is 19.1. The van der Waals surface area contributed by atoms with Crippen molar-refractivity contribution >= 4 is 12.7 Å². The smallest absolute Gasteiger partial charge is 0.497 e. The second-order valence-electron chi connectivity index (χ2n) is 7.26. The maximum absolute atomic E-state index is 15.4. The van der Waals surface area contributed by atoms with Gasteiger partial charge in [-0.1, -0.05) is 0 Å². The monoisotopic (exact) mass is 366 g/mol. The molecule has 0 unspecified atom stereocenters. The Morgan fingerprint density at radius 2 is 1.46 bits per heavy atom. The van der Waals surface area contributed by atoms with Crippen LogP contribution < -0.4 is 9.47 Å². The molecular weight excluding hydrogens is 338 g/mol. The zero-order chi connectivity index (χ0) is 19.5. The molecule has 7 heteroatoms. The standard InChI is InChI=1S/C19H28BFO5/c1-18(2)19(3,4)26-20(25-18)17(21)16(8-9-22-5)13-10-14(23-6)12-15(11-13)24-7/h10-12H,8-9H2,1-7H3. The third-order valence-electron chi connectivity index (χ3n) is 5.00. The minimum Gasteiger partial charge on any atom is -0.497 e. The molecule has 0 radical (unpaired) electrons. The Bertz CT molecular complexity index is 634. The first-order valence-electron chi connectivity index (χ1n) is 8.61. The summed E-state index contributed by atoms with van der Waals surface area (Å²) < 4.78 is 42.9. The van der Waals surface area contributed by atoms with Crippen LogP contribution in [-0.2, 0) is 14.0 Å². The van der Waals surface area contributed by atoms with Crippen molar-refractivity contribution in [2.24, 2.45) is 0 Å². The Kier molecular flexibility index (Phi) is 6.37. The molecule has 1 aliphatic heterocycles. The van der Waals surface area contributed by atoms with Crippen molar-refractivity contribution in [1.82, 2.24) is 0 Å². The number of hydrogen-bond acceptors (Lipinski definition) is 5. The molecular formula is C19H28BFO5. The van der Waals surface area contributed by atoms with Gasteiger partial charge < -0.3 is 23.5 Å². The molecule has 26 heavy (non-hydrogen) atoms. The third kappa shape index (κ3) is 4.22. The van der Waals surface area contributed by atoms with E-state index in [1.165, 1.54) is 0 Å². The largest absolute Gasteiger partial charge is 0.525 e. The zero-order valence-corrected chi connectivity index (χ0v) is 16.6. The van der Waals surface area contributed by atoms with Crippen LogP contribution in [-0.4, -0.2) is 46.3 Å². The van der Waals surface area contributed by atoms with Gasteiger partial charge in [0.2, 0.25) is 0 Å². The van der Waals surface area contributed by atoms with Crippen molar-refractivity contribution in [2.75, 3.05) is 27.9 Å². The van der Waals surface area contributed by atoms with E-state index in [4.69, 9.17) is 23.5 Å². The maximum atomic E-state index is 15.4. The molecule has 0 saturated carbocycles. The van der Waals surface area contributed by atoms with Crippen LogP contribution in [0.5, 0.6) is 11.5 Å². The van der Waals surface area contributed by atoms with E-state index in [9.17, 15) is 0 Å². The second-order valence-corrected chi connectivity index (χ2v) is 7.26. The summed E-state index contributed by atoms with van der Waals surface area (Å²) in [5.74, 6) is 1.16. The summed E-state index contributed by atoms with van der Waals surface area (Å²) in [6.45, 7) is 7.93. The average molecular weight is 366 g/mol. The van der Waals surface area contributed by atoms with Crippen molar-refractivity contribution in [3.8, 4) is 11.5 Å².